The summed E-state index contributed by atoms with van der Waals surface area (Å²) in [6.45, 7) is 0. The number of sulfone groups is 1. The van der Waals surface area contributed by atoms with Gasteiger partial charge in [0.05, 0.1) is 5.56 Å². The average molecular weight is 331 g/mol. The predicted octanol–water partition coefficient (Wildman–Crippen LogP) is 1.64. The molecular formula is C14H13N5O3S. The Morgan fingerprint density at radius 2 is 1.91 bits per heavy atom. The van der Waals surface area contributed by atoms with Gasteiger partial charge in [0.1, 0.15) is 5.75 Å². The molecule has 1 aromatic carbocycles. The lowest BCUT2D eigenvalue weighted by Gasteiger charge is -2.07. The molecule has 0 atom stereocenters. The van der Waals surface area contributed by atoms with E-state index in [9.17, 15) is 8.42 Å². The lowest BCUT2D eigenvalue weighted by molar-refractivity contribution is 0.464. The zero-order valence-electron chi connectivity index (χ0n) is 12.1. The van der Waals surface area contributed by atoms with Crippen LogP contribution in [0.5, 0.6) is 11.6 Å². The van der Waals surface area contributed by atoms with Crippen LogP contribution in [0.1, 0.15) is 0 Å². The minimum absolute atomic E-state index is 0.184. The number of ether oxygens (including phenoxy) is 1. The molecule has 3 aromatic rings. The Bertz CT molecular complexity index is 935. The maximum atomic E-state index is 11.5. The highest BCUT2D eigenvalue weighted by Gasteiger charge is 2.17. The van der Waals surface area contributed by atoms with E-state index in [0.717, 1.165) is 6.26 Å². The summed E-state index contributed by atoms with van der Waals surface area (Å²) in [7, 11) is -3.47. The molecule has 0 aliphatic rings. The molecule has 3 rings (SSSR count). The first-order valence-electron chi connectivity index (χ1n) is 6.55. The number of H-pyrrole nitrogens is 1. The number of hydrogen-bond acceptors (Lipinski definition) is 7. The molecule has 118 valence electrons. The van der Waals surface area contributed by atoms with Gasteiger partial charge >= 0.3 is 0 Å². The molecule has 0 amide bonds. The van der Waals surface area contributed by atoms with Gasteiger partial charge in [-0.3, -0.25) is 0 Å². The van der Waals surface area contributed by atoms with Gasteiger partial charge in [-0.05, 0) is 36.4 Å². The highest BCUT2D eigenvalue weighted by atomic mass is 32.2. The summed E-state index contributed by atoms with van der Waals surface area (Å²) >= 11 is 0. The quantitative estimate of drug-likeness (QED) is 0.696. The van der Waals surface area contributed by atoms with Crippen molar-refractivity contribution in [2.24, 2.45) is 0 Å². The van der Waals surface area contributed by atoms with Crippen LogP contribution in [-0.2, 0) is 9.84 Å². The largest absolute Gasteiger partial charge is 0.438 e. The van der Waals surface area contributed by atoms with Gasteiger partial charge in [-0.2, -0.15) is 10.1 Å². The molecule has 0 spiro atoms. The van der Waals surface area contributed by atoms with Gasteiger partial charge in [0.25, 0.3) is 0 Å². The monoisotopic (exact) mass is 331 g/mol. The van der Waals surface area contributed by atoms with Crippen molar-refractivity contribution in [1.29, 1.82) is 0 Å². The van der Waals surface area contributed by atoms with Gasteiger partial charge < -0.3 is 10.5 Å². The van der Waals surface area contributed by atoms with Gasteiger partial charge in [-0.15, -0.1) is 0 Å². The highest BCUT2D eigenvalue weighted by molar-refractivity contribution is 7.90. The van der Waals surface area contributed by atoms with E-state index in [1.54, 1.807) is 42.6 Å². The van der Waals surface area contributed by atoms with Gasteiger partial charge in [0.2, 0.25) is 20.9 Å². The van der Waals surface area contributed by atoms with Crippen LogP contribution in [0.2, 0.25) is 0 Å². The molecule has 0 fully saturated rings. The van der Waals surface area contributed by atoms with E-state index in [0.29, 0.717) is 17.0 Å². The molecule has 3 N–H and O–H groups in total. The molecule has 0 radical (unpaired) electrons. The lowest BCUT2D eigenvalue weighted by Crippen LogP contribution is -1.99. The number of rotatable bonds is 4. The fourth-order valence-corrected chi connectivity index (χ4v) is 2.29. The molecule has 23 heavy (non-hydrogen) atoms. The van der Waals surface area contributed by atoms with Crippen molar-refractivity contribution in [2.45, 2.75) is 5.16 Å². The number of hydrogen-bond donors (Lipinski definition) is 2. The normalized spacial score (nSPS) is 11.3. The standard InChI is InChI=1S/C14H13N5O3S/c1-23(20,21)14-17-12(18-19-14)11-3-2-8-16-13(11)22-10-6-4-9(15)5-7-10/h2-8H,15H2,1H3,(H,17,18,19). The summed E-state index contributed by atoms with van der Waals surface area (Å²) in [5.74, 6) is 0.985. The van der Waals surface area contributed by atoms with Gasteiger partial charge in [0, 0.05) is 18.1 Å². The molecule has 9 heteroatoms. The zero-order valence-corrected chi connectivity index (χ0v) is 12.9. The van der Waals surface area contributed by atoms with Gasteiger partial charge in [-0.1, -0.05) is 0 Å². The van der Waals surface area contributed by atoms with E-state index >= 15 is 0 Å². The zero-order chi connectivity index (χ0) is 16.4. The molecule has 8 nitrogen and oxygen atoms in total. The van der Waals surface area contributed by atoms with Crippen LogP contribution in [0.15, 0.2) is 47.8 Å². The molecule has 0 bridgehead atoms. The van der Waals surface area contributed by atoms with Crippen LogP contribution < -0.4 is 10.5 Å². The van der Waals surface area contributed by atoms with Crippen molar-refractivity contribution in [1.82, 2.24) is 20.2 Å². The molecule has 0 saturated carbocycles. The third-order valence-corrected chi connectivity index (χ3v) is 3.81. The average Bonchev–Trinajstić information content (AvgIpc) is 3.00. The maximum absolute atomic E-state index is 11.5. The molecule has 0 unspecified atom stereocenters. The Labute approximate surface area is 132 Å². The summed E-state index contributed by atoms with van der Waals surface area (Å²) < 4.78 is 28.7. The maximum Gasteiger partial charge on any atom is 0.243 e. The van der Waals surface area contributed by atoms with E-state index in [-0.39, 0.29) is 16.9 Å². The molecule has 0 aliphatic heterocycles. The second-order valence-electron chi connectivity index (χ2n) is 4.76. The first-order valence-corrected chi connectivity index (χ1v) is 8.44. The topological polar surface area (TPSA) is 124 Å². The summed E-state index contributed by atoms with van der Waals surface area (Å²) in [4.78, 5) is 8.12. The van der Waals surface area contributed by atoms with Crippen LogP contribution in [0, 0.1) is 0 Å². The van der Waals surface area contributed by atoms with Crippen LogP contribution in [-0.4, -0.2) is 34.8 Å². The van der Waals surface area contributed by atoms with E-state index in [1.165, 1.54) is 0 Å². The molecule has 0 saturated heterocycles. The highest BCUT2D eigenvalue weighted by Crippen LogP contribution is 2.29. The first kappa shape index (κ1) is 15.0. The Balaban J connectivity index is 1.98. The number of aromatic amines is 1. The molecule has 2 aromatic heterocycles. The second-order valence-corrected chi connectivity index (χ2v) is 6.69. The van der Waals surface area contributed by atoms with Crippen molar-refractivity contribution in [3.63, 3.8) is 0 Å². The predicted molar refractivity (Wildman–Crippen MR) is 83.7 cm³/mol. The number of nitrogen functional groups attached to an aromatic ring is 1. The van der Waals surface area contributed by atoms with E-state index in [4.69, 9.17) is 10.5 Å². The van der Waals surface area contributed by atoms with Crippen molar-refractivity contribution in [3.05, 3.63) is 42.6 Å². The van der Waals surface area contributed by atoms with Crippen LogP contribution in [0.25, 0.3) is 11.4 Å². The summed E-state index contributed by atoms with van der Waals surface area (Å²) in [5.41, 5.74) is 6.72. The van der Waals surface area contributed by atoms with Crippen LogP contribution >= 0.6 is 0 Å². The molecule has 0 aliphatic carbocycles. The summed E-state index contributed by atoms with van der Waals surface area (Å²) in [6.07, 6.45) is 2.60. The van der Waals surface area contributed by atoms with Crippen molar-refractivity contribution in [3.8, 4) is 23.0 Å². The van der Waals surface area contributed by atoms with Crippen LogP contribution in [0.3, 0.4) is 0 Å². The lowest BCUT2D eigenvalue weighted by atomic mass is 10.2. The molecular weight excluding hydrogens is 318 g/mol. The minimum atomic E-state index is -3.47. The fourth-order valence-electron chi connectivity index (χ4n) is 1.82. The van der Waals surface area contributed by atoms with E-state index in [1.807, 2.05) is 0 Å². The molecule has 2 heterocycles. The van der Waals surface area contributed by atoms with E-state index in [2.05, 4.69) is 20.2 Å². The van der Waals surface area contributed by atoms with Crippen molar-refractivity contribution in [2.75, 3.05) is 12.0 Å². The Hall–Kier alpha value is -2.94. The van der Waals surface area contributed by atoms with Crippen molar-refractivity contribution >= 4 is 15.5 Å². The minimum Gasteiger partial charge on any atom is -0.438 e. The van der Waals surface area contributed by atoms with E-state index < -0.39 is 9.84 Å². The Morgan fingerprint density at radius 1 is 1.17 bits per heavy atom. The number of nitrogens with zero attached hydrogens (tertiary/aromatic N) is 3. The number of benzene rings is 1. The third-order valence-electron chi connectivity index (χ3n) is 2.92. The number of aromatic nitrogens is 4. The smallest absolute Gasteiger partial charge is 0.243 e. The summed E-state index contributed by atoms with van der Waals surface area (Å²) in [5, 5.41) is 6.09. The number of nitrogens with one attached hydrogen (secondary N) is 1. The van der Waals surface area contributed by atoms with Gasteiger partial charge in [-0.25, -0.2) is 18.5 Å². The third kappa shape index (κ3) is 3.29. The number of anilines is 1. The number of pyridine rings is 1. The Morgan fingerprint density at radius 3 is 2.57 bits per heavy atom. The fraction of sp³-hybridized carbons (Fsp3) is 0.0714. The first-order chi connectivity index (χ1) is 10.9. The number of nitrogens with two attached hydrogens (primary N) is 1. The SMILES string of the molecule is CS(=O)(=O)c1nc(-c2cccnc2Oc2ccc(N)cc2)n[nH]1. The van der Waals surface area contributed by atoms with Gasteiger partial charge in [0.15, 0.2) is 5.82 Å². The Kier molecular flexibility index (Phi) is 3.70. The second kappa shape index (κ2) is 5.69. The van der Waals surface area contributed by atoms with Crippen LogP contribution in [0.4, 0.5) is 5.69 Å². The summed E-state index contributed by atoms with van der Waals surface area (Å²) in [6, 6.07) is 10.2. The van der Waals surface area contributed by atoms with Crippen molar-refractivity contribution < 1.29 is 13.2 Å².